The van der Waals surface area contributed by atoms with Gasteiger partial charge in [-0.15, -0.1) is 0 Å². The van der Waals surface area contributed by atoms with Gasteiger partial charge in [0.2, 0.25) is 10.0 Å². The highest BCUT2D eigenvalue weighted by Crippen LogP contribution is 2.19. The minimum Gasteiger partial charge on any atom is -0.333 e. The van der Waals surface area contributed by atoms with Crippen LogP contribution in [0.2, 0.25) is 0 Å². The number of rotatable bonds is 6. The molecule has 6 nitrogen and oxygen atoms in total. The van der Waals surface area contributed by atoms with Crippen LogP contribution in [0.25, 0.3) is 0 Å². The Morgan fingerprint density at radius 2 is 1.73 bits per heavy atom. The van der Waals surface area contributed by atoms with Crippen molar-refractivity contribution in [2.24, 2.45) is 0 Å². The van der Waals surface area contributed by atoms with Crippen LogP contribution in [-0.2, 0) is 16.6 Å². The molecule has 0 unspecified atom stereocenters. The number of amides is 1. The molecule has 0 saturated carbocycles. The van der Waals surface area contributed by atoms with Gasteiger partial charge in [0.1, 0.15) is 11.6 Å². The lowest BCUT2D eigenvalue weighted by Gasteiger charge is -2.40. The van der Waals surface area contributed by atoms with Gasteiger partial charge in [0.05, 0.1) is 5.75 Å². The molecule has 162 valence electrons. The van der Waals surface area contributed by atoms with Crippen molar-refractivity contribution >= 4 is 21.6 Å². The Hall–Kier alpha value is -2.52. The quantitative estimate of drug-likeness (QED) is 0.754. The molecule has 1 N–H and O–H groups in total. The number of benzene rings is 2. The van der Waals surface area contributed by atoms with Crippen molar-refractivity contribution in [1.29, 1.82) is 0 Å². The first kappa shape index (κ1) is 22.2. The molecule has 0 bridgehead atoms. The van der Waals surface area contributed by atoms with Crippen LogP contribution < -0.4 is 4.72 Å². The van der Waals surface area contributed by atoms with E-state index in [4.69, 9.17) is 0 Å². The smallest absolute Gasteiger partial charge is 0.254 e. The van der Waals surface area contributed by atoms with E-state index in [0.717, 1.165) is 6.07 Å². The Kier molecular flexibility index (Phi) is 6.72. The van der Waals surface area contributed by atoms with E-state index >= 15 is 0 Å². The number of hydrogen-bond acceptors (Lipinski definition) is 4. The second-order valence-corrected chi connectivity index (χ2v) is 9.45. The van der Waals surface area contributed by atoms with Gasteiger partial charge in [-0.3, -0.25) is 14.4 Å². The third-order valence-corrected chi connectivity index (χ3v) is 6.39. The second kappa shape index (κ2) is 9.09. The first-order chi connectivity index (χ1) is 14.2. The van der Waals surface area contributed by atoms with Crippen molar-refractivity contribution in [2.45, 2.75) is 26.4 Å². The third kappa shape index (κ3) is 5.54. The number of halogens is 2. The summed E-state index contributed by atoms with van der Waals surface area (Å²) < 4.78 is 52.5. The Morgan fingerprint density at radius 1 is 1.10 bits per heavy atom. The fourth-order valence-electron chi connectivity index (χ4n) is 3.54. The minimum absolute atomic E-state index is 0.0300. The van der Waals surface area contributed by atoms with Gasteiger partial charge in [0.25, 0.3) is 5.91 Å². The molecule has 0 radical (unpaired) electrons. The maximum absolute atomic E-state index is 13.4. The molecule has 3 rings (SSSR count). The van der Waals surface area contributed by atoms with Gasteiger partial charge in [-0.25, -0.2) is 17.2 Å². The topological polar surface area (TPSA) is 69.7 Å². The molecule has 2 aromatic carbocycles. The molecular weight excluding hydrogens is 412 g/mol. The number of nitrogens with zero attached hydrogens (tertiary/aromatic N) is 2. The summed E-state index contributed by atoms with van der Waals surface area (Å²) >= 11 is 0. The summed E-state index contributed by atoms with van der Waals surface area (Å²) in [4.78, 5) is 16.7. The van der Waals surface area contributed by atoms with Crippen LogP contribution in [0.4, 0.5) is 14.5 Å². The summed E-state index contributed by atoms with van der Waals surface area (Å²) in [5.74, 6) is -1.37. The lowest BCUT2D eigenvalue weighted by Crippen LogP contribution is -2.53. The predicted octanol–water partition coefficient (Wildman–Crippen LogP) is 3.07. The van der Waals surface area contributed by atoms with Gasteiger partial charge in [0, 0.05) is 49.5 Å². The fraction of sp³-hybridized carbons (Fsp3) is 0.381. The number of sulfonamides is 1. The molecule has 1 atom stereocenters. The number of carbonyl (C=O) groups is 1. The van der Waals surface area contributed by atoms with Gasteiger partial charge < -0.3 is 4.90 Å². The first-order valence-corrected chi connectivity index (χ1v) is 11.4. The zero-order chi connectivity index (χ0) is 21.9. The van der Waals surface area contributed by atoms with E-state index in [1.54, 1.807) is 36.1 Å². The van der Waals surface area contributed by atoms with E-state index in [0.29, 0.717) is 43.0 Å². The van der Waals surface area contributed by atoms with Crippen molar-refractivity contribution in [3.63, 3.8) is 0 Å². The number of piperazine rings is 1. The highest BCUT2D eigenvalue weighted by Gasteiger charge is 2.28. The molecule has 30 heavy (non-hydrogen) atoms. The molecular formula is C21H25F2N3O3S. The van der Waals surface area contributed by atoms with Crippen molar-refractivity contribution in [2.75, 3.05) is 30.1 Å². The van der Waals surface area contributed by atoms with Gasteiger partial charge in [0.15, 0.2) is 0 Å². The lowest BCUT2D eigenvalue weighted by molar-refractivity contribution is 0.0475. The molecule has 0 aromatic heterocycles. The maximum atomic E-state index is 13.4. The largest absolute Gasteiger partial charge is 0.333 e. The lowest BCUT2D eigenvalue weighted by atomic mass is 10.1. The van der Waals surface area contributed by atoms with Crippen LogP contribution in [-0.4, -0.2) is 55.6 Å². The summed E-state index contributed by atoms with van der Waals surface area (Å²) in [5.41, 5.74) is 1.44. The van der Waals surface area contributed by atoms with Gasteiger partial charge in [-0.2, -0.15) is 0 Å². The molecule has 1 aliphatic heterocycles. The highest BCUT2D eigenvalue weighted by atomic mass is 32.2. The van der Waals surface area contributed by atoms with Crippen molar-refractivity contribution in [3.05, 3.63) is 65.2 Å². The van der Waals surface area contributed by atoms with E-state index in [1.807, 2.05) is 6.92 Å². The number of carbonyl (C=O) groups excluding carboxylic acids is 1. The normalized spacial score (nSPS) is 17.7. The third-order valence-electron chi connectivity index (χ3n) is 5.09. The highest BCUT2D eigenvalue weighted by molar-refractivity contribution is 7.92. The van der Waals surface area contributed by atoms with Gasteiger partial charge in [-0.05, 0) is 55.8 Å². The SMILES string of the molecule is CCS(=O)(=O)Nc1ccc(C(=O)N2CCN(Cc3cc(F)cc(F)c3)C[C@@H]2C)cc1. The standard InChI is InChI=1S/C21H25F2N3O3S/c1-3-30(28,29)24-20-6-4-17(5-7-20)21(27)26-9-8-25(13-15(26)2)14-16-10-18(22)12-19(23)11-16/h4-7,10-12,15,24H,3,8-9,13-14H2,1-2H3/t15-/m0/s1. The Balaban J connectivity index is 1.61. The molecule has 0 aliphatic carbocycles. The maximum Gasteiger partial charge on any atom is 0.254 e. The summed E-state index contributed by atoms with van der Waals surface area (Å²) in [7, 11) is -3.37. The van der Waals surface area contributed by atoms with Crippen LogP contribution in [0.3, 0.4) is 0 Å². The van der Waals surface area contributed by atoms with Crippen LogP contribution in [0, 0.1) is 11.6 Å². The second-order valence-electron chi connectivity index (χ2n) is 7.44. The van der Waals surface area contributed by atoms with E-state index in [1.165, 1.54) is 12.1 Å². The number of hydrogen-bond donors (Lipinski definition) is 1. The van der Waals surface area contributed by atoms with Crippen LogP contribution in [0.1, 0.15) is 29.8 Å². The molecule has 9 heteroatoms. The van der Waals surface area contributed by atoms with Crippen LogP contribution in [0.5, 0.6) is 0 Å². The Morgan fingerprint density at radius 3 is 2.30 bits per heavy atom. The molecule has 1 amide bonds. The molecule has 0 spiro atoms. The van der Waals surface area contributed by atoms with E-state index in [-0.39, 0.29) is 17.7 Å². The molecule has 1 saturated heterocycles. The molecule has 1 aliphatic rings. The van der Waals surface area contributed by atoms with Crippen molar-refractivity contribution in [1.82, 2.24) is 9.80 Å². The van der Waals surface area contributed by atoms with Crippen LogP contribution in [0.15, 0.2) is 42.5 Å². The van der Waals surface area contributed by atoms with Gasteiger partial charge >= 0.3 is 0 Å². The number of anilines is 1. The van der Waals surface area contributed by atoms with Crippen molar-refractivity contribution < 1.29 is 22.0 Å². The molecule has 1 heterocycles. The Labute approximate surface area is 175 Å². The monoisotopic (exact) mass is 437 g/mol. The van der Waals surface area contributed by atoms with E-state index in [2.05, 4.69) is 9.62 Å². The van der Waals surface area contributed by atoms with E-state index < -0.39 is 21.7 Å². The number of nitrogens with one attached hydrogen (secondary N) is 1. The summed E-state index contributed by atoms with van der Waals surface area (Å²) in [6, 6.07) is 9.75. The zero-order valence-corrected chi connectivity index (χ0v) is 17.8. The molecule has 2 aromatic rings. The summed E-state index contributed by atoms with van der Waals surface area (Å²) in [5, 5.41) is 0. The zero-order valence-electron chi connectivity index (χ0n) is 16.9. The Bertz CT molecular complexity index is 992. The average Bonchev–Trinajstić information content (AvgIpc) is 2.67. The average molecular weight is 438 g/mol. The fourth-order valence-corrected chi connectivity index (χ4v) is 4.18. The van der Waals surface area contributed by atoms with Crippen molar-refractivity contribution in [3.8, 4) is 0 Å². The molecule has 1 fully saturated rings. The van der Waals surface area contributed by atoms with Crippen LogP contribution >= 0.6 is 0 Å². The summed E-state index contributed by atoms with van der Waals surface area (Å²) in [6.07, 6.45) is 0. The first-order valence-electron chi connectivity index (χ1n) is 9.75. The summed E-state index contributed by atoms with van der Waals surface area (Å²) in [6.45, 7) is 5.54. The predicted molar refractivity (Wildman–Crippen MR) is 112 cm³/mol. The van der Waals surface area contributed by atoms with E-state index in [9.17, 15) is 22.0 Å². The van der Waals surface area contributed by atoms with Gasteiger partial charge in [-0.1, -0.05) is 0 Å². The minimum atomic E-state index is -3.37.